The first-order chi connectivity index (χ1) is 7.91. The predicted molar refractivity (Wildman–Crippen MR) is 55.9 cm³/mol. The summed E-state index contributed by atoms with van der Waals surface area (Å²) >= 11 is 0. The quantitative estimate of drug-likeness (QED) is 0.822. The lowest BCUT2D eigenvalue weighted by Crippen LogP contribution is -2.12. The summed E-state index contributed by atoms with van der Waals surface area (Å²) in [5.74, 6) is 0.697. The number of ether oxygens (including phenoxy) is 3. The Hall–Kier alpha value is -1.59. The van der Waals surface area contributed by atoms with Gasteiger partial charge in [-0.05, 0) is 6.07 Å². The largest absolute Gasteiger partial charge is 0.496 e. The van der Waals surface area contributed by atoms with Crippen molar-refractivity contribution < 1.29 is 27.4 Å². The molecule has 17 heavy (non-hydrogen) atoms. The van der Waals surface area contributed by atoms with Crippen molar-refractivity contribution in [3.05, 3.63) is 17.7 Å². The zero-order valence-corrected chi connectivity index (χ0v) is 9.72. The minimum Gasteiger partial charge on any atom is -0.496 e. The van der Waals surface area contributed by atoms with Crippen LogP contribution in [-0.4, -0.2) is 27.5 Å². The van der Waals surface area contributed by atoms with Crippen molar-refractivity contribution in [2.45, 2.75) is 12.6 Å². The Morgan fingerprint density at radius 1 is 0.882 bits per heavy atom. The molecule has 96 valence electrons. The van der Waals surface area contributed by atoms with Crippen molar-refractivity contribution >= 4 is 0 Å². The van der Waals surface area contributed by atoms with E-state index >= 15 is 0 Å². The van der Waals surface area contributed by atoms with E-state index in [2.05, 4.69) is 0 Å². The molecule has 0 N–H and O–H groups in total. The highest BCUT2D eigenvalue weighted by molar-refractivity contribution is 5.50. The molecule has 1 aromatic carbocycles. The molecule has 0 aliphatic carbocycles. The normalized spacial score (nSPS) is 11.2. The lowest BCUT2D eigenvalue weighted by molar-refractivity contribution is -0.127. The number of methoxy groups -OCH3 is 3. The Bertz CT molecular complexity index is 388. The molecule has 0 spiro atoms. The molecule has 0 saturated heterocycles. The zero-order valence-electron chi connectivity index (χ0n) is 9.72. The van der Waals surface area contributed by atoms with Crippen LogP contribution in [0.4, 0.5) is 13.2 Å². The van der Waals surface area contributed by atoms with Crippen LogP contribution < -0.4 is 14.2 Å². The molecule has 0 unspecified atom stereocenters. The Kier molecular flexibility index (Phi) is 4.09. The highest BCUT2D eigenvalue weighted by atomic mass is 19.4. The highest BCUT2D eigenvalue weighted by Gasteiger charge is 2.30. The van der Waals surface area contributed by atoms with Gasteiger partial charge in [-0.25, -0.2) is 0 Å². The van der Waals surface area contributed by atoms with E-state index in [4.69, 9.17) is 14.2 Å². The van der Waals surface area contributed by atoms with Crippen LogP contribution in [0.25, 0.3) is 0 Å². The molecule has 0 bridgehead atoms. The fourth-order valence-electron chi connectivity index (χ4n) is 1.45. The van der Waals surface area contributed by atoms with Gasteiger partial charge in [0.15, 0.2) is 11.5 Å². The van der Waals surface area contributed by atoms with Crippen LogP contribution in [0.1, 0.15) is 5.56 Å². The zero-order chi connectivity index (χ0) is 13.1. The first-order valence-electron chi connectivity index (χ1n) is 4.77. The number of halogens is 3. The van der Waals surface area contributed by atoms with Crippen LogP contribution in [0.3, 0.4) is 0 Å². The van der Waals surface area contributed by atoms with Gasteiger partial charge in [-0.3, -0.25) is 0 Å². The summed E-state index contributed by atoms with van der Waals surface area (Å²) in [6.45, 7) is 0. The van der Waals surface area contributed by atoms with Crippen molar-refractivity contribution in [2.24, 2.45) is 0 Å². The first-order valence-corrected chi connectivity index (χ1v) is 4.77. The maximum atomic E-state index is 12.3. The van der Waals surface area contributed by atoms with Crippen LogP contribution in [0, 0.1) is 0 Å². The van der Waals surface area contributed by atoms with Crippen LogP contribution in [0.5, 0.6) is 17.2 Å². The summed E-state index contributed by atoms with van der Waals surface area (Å²) in [6.07, 6.45) is -5.37. The van der Waals surface area contributed by atoms with Crippen molar-refractivity contribution in [2.75, 3.05) is 21.3 Å². The Morgan fingerprint density at radius 3 is 1.76 bits per heavy atom. The molecule has 0 amide bonds. The van der Waals surface area contributed by atoms with Crippen molar-refractivity contribution in [3.8, 4) is 17.2 Å². The fraction of sp³-hybridized carbons (Fsp3) is 0.455. The second kappa shape index (κ2) is 5.16. The average Bonchev–Trinajstić information content (AvgIpc) is 2.26. The van der Waals surface area contributed by atoms with Crippen molar-refractivity contribution in [3.63, 3.8) is 0 Å². The van der Waals surface area contributed by atoms with Crippen molar-refractivity contribution in [1.82, 2.24) is 0 Å². The minimum atomic E-state index is -4.30. The molecule has 1 rings (SSSR count). The molecular formula is C11H13F3O3. The second-order valence-electron chi connectivity index (χ2n) is 3.31. The third-order valence-electron chi connectivity index (χ3n) is 2.18. The van der Waals surface area contributed by atoms with E-state index in [1.165, 1.54) is 33.5 Å². The lowest BCUT2D eigenvalue weighted by atomic mass is 10.1. The Morgan fingerprint density at radius 2 is 1.35 bits per heavy atom. The molecule has 0 atom stereocenters. The topological polar surface area (TPSA) is 27.7 Å². The monoisotopic (exact) mass is 250 g/mol. The Balaban J connectivity index is 3.19. The predicted octanol–water partition coefficient (Wildman–Crippen LogP) is 2.82. The minimum absolute atomic E-state index is 0.0117. The van der Waals surface area contributed by atoms with Gasteiger partial charge in [0.25, 0.3) is 0 Å². The SMILES string of the molecule is COc1cc(OC)c(OC)cc1CC(F)(F)F. The van der Waals surface area contributed by atoms with Gasteiger partial charge in [0.1, 0.15) is 5.75 Å². The summed E-state index contributed by atoms with van der Waals surface area (Å²) in [4.78, 5) is 0. The molecule has 1 aromatic rings. The molecule has 0 aliphatic rings. The molecule has 0 fully saturated rings. The van der Waals surface area contributed by atoms with Gasteiger partial charge in [0.2, 0.25) is 0 Å². The number of hydrogen-bond donors (Lipinski definition) is 0. The molecule has 3 nitrogen and oxygen atoms in total. The summed E-state index contributed by atoms with van der Waals surface area (Å²) in [5, 5.41) is 0. The number of benzene rings is 1. The van der Waals surface area contributed by atoms with Crippen molar-refractivity contribution in [1.29, 1.82) is 0 Å². The highest BCUT2D eigenvalue weighted by Crippen LogP contribution is 2.37. The van der Waals surface area contributed by atoms with Gasteiger partial charge in [0.05, 0.1) is 27.8 Å². The third kappa shape index (κ3) is 3.44. The summed E-state index contributed by atoms with van der Waals surface area (Å²) in [7, 11) is 4.07. The lowest BCUT2D eigenvalue weighted by Gasteiger charge is -2.15. The van der Waals surface area contributed by atoms with Gasteiger partial charge >= 0.3 is 6.18 Å². The first kappa shape index (κ1) is 13.5. The number of alkyl halides is 3. The van der Waals surface area contributed by atoms with Gasteiger partial charge in [-0.1, -0.05) is 0 Å². The van der Waals surface area contributed by atoms with Gasteiger partial charge in [-0.15, -0.1) is 0 Å². The second-order valence-corrected chi connectivity index (χ2v) is 3.31. The van der Waals surface area contributed by atoms with Crippen LogP contribution >= 0.6 is 0 Å². The number of hydrogen-bond acceptors (Lipinski definition) is 3. The van der Waals surface area contributed by atoms with Crippen LogP contribution in [0.15, 0.2) is 12.1 Å². The smallest absolute Gasteiger partial charge is 0.393 e. The van der Waals surface area contributed by atoms with Crippen LogP contribution in [-0.2, 0) is 6.42 Å². The van der Waals surface area contributed by atoms with Crippen LogP contribution in [0.2, 0.25) is 0 Å². The van der Waals surface area contributed by atoms with Gasteiger partial charge < -0.3 is 14.2 Å². The van der Waals surface area contributed by atoms with Gasteiger partial charge in [-0.2, -0.15) is 13.2 Å². The fourth-order valence-corrected chi connectivity index (χ4v) is 1.45. The molecule has 6 heteroatoms. The average molecular weight is 250 g/mol. The molecule has 0 aliphatic heterocycles. The molecule has 0 heterocycles. The maximum absolute atomic E-state index is 12.3. The van der Waals surface area contributed by atoms with Gasteiger partial charge in [0, 0.05) is 11.6 Å². The molecule has 0 radical (unpaired) electrons. The molecule has 0 aromatic heterocycles. The summed E-state index contributed by atoms with van der Waals surface area (Å²) < 4.78 is 51.9. The molecular weight excluding hydrogens is 237 g/mol. The standard InChI is InChI=1S/C11H13F3O3/c1-15-8-5-10(17-3)9(16-2)4-7(8)6-11(12,13)14/h4-5H,6H2,1-3H3. The van der Waals surface area contributed by atoms with E-state index in [9.17, 15) is 13.2 Å². The number of rotatable bonds is 4. The van der Waals surface area contributed by atoms with E-state index in [-0.39, 0.29) is 17.1 Å². The third-order valence-corrected chi connectivity index (χ3v) is 2.18. The van der Waals surface area contributed by atoms with E-state index in [1.807, 2.05) is 0 Å². The van der Waals surface area contributed by atoms with E-state index in [0.717, 1.165) is 0 Å². The van der Waals surface area contributed by atoms with E-state index in [0.29, 0.717) is 5.75 Å². The summed E-state index contributed by atoms with van der Waals surface area (Å²) in [5.41, 5.74) is 0.0117. The molecule has 0 saturated carbocycles. The van der Waals surface area contributed by atoms with E-state index < -0.39 is 12.6 Å². The Labute approximate surface area is 97.1 Å². The summed E-state index contributed by atoms with van der Waals surface area (Å²) in [6, 6.07) is 2.64. The van der Waals surface area contributed by atoms with E-state index in [1.54, 1.807) is 0 Å². The maximum Gasteiger partial charge on any atom is 0.393 e.